The molecular formula is C17H30N2O6. The van der Waals surface area contributed by atoms with Gasteiger partial charge in [0.25, 0.3) is 0 Å². The highest BCUT2D eigenvalue weighted by molar-refractivity contribution is 6.27. The lowest BCUT2D eigenvalue weighted by Gasteiger charge is -2.41. The first kappa shape index (κ1) is 21.2. The summed E-state index contributed by atoms with van der Waals surface area (Å²) in [4.78, 5) is 32.1. The van der Waals surface area contributed by atoms with E-state index in [9.17, 15) is 4.79 Å². The van der Waals surface area contributed by atoms with Crippen LogP contribution in [0.3, 0.4) is 0 Å². The first-order valence-corrected chi connectivity index (χ1v) is 8.62. The summed E-state index contributed by atoms with van der Waals surface area (Å²) in [6.07, 6.45) is 5.88. The van der Waals surface area contributed by atoms with Crippen LogP contribution in [-0.4, -0.2) is 58.4 Å². The number of carboxylic acid groups (broad SMARTS) is 2. The second-order valence-corrected chi connectivity index (χ2v) is 7.93. The maximum absolute atomic E-state index is 12.0. The number of carbonyl (C=O) groups is 3. The van der Waals surface area contributed by atoms with Gasteiger partial charge >= 0.3 is 18.0 Å². The molecule has 0 radical (unpaired) electrons. The van der Waals surface area contributed by atoms with Crippen LogP contribution in [0, 0.1) is 11.3 Å². The van der Waals surface area contributed by atoms with E-state index in [4.69, 9.17) is 30.3 Å². The topological polar surface area (TPSA) is 130 Å². The molecule has 1 aliphatic heterocycles. The average molecular weight is 358 g/mol. The fourth-order valence-corrected chi connectivity index (χ4v) is 2.92. The minimum atomic E-state index is -1.82. The summed E-state index contributed by atoms with van der Waals surface area (Å²) in [5.41, 5.74) is 5.87. The van der Waals surface area contributed by atoms with Crippen LogP contribution in [0.4, 0.5) is 4.79 Å². The molecule has 0 unspecified atom stereocenters. The maximum atomic E-state index is 12.0. The number of ether oxygens (including phenoxy) is 1. The van der Waals surface area contributed by atoms with Crippen LogP contribution in [0.25, 0.3) is 0 Å². The normalized spacial score (nSPS) is 19.4. The van der Waals surface area contributed by atoms with Crippen molar-refractivity contribution in [2.75, 3.05) is 19.6 Å². The summed E-state index contributed by atoms with van der Waals surface area (Å²) in [7, 11) is 0. The fourth-order valence-electron chi connectivity index (χ4n) is 2.92. The van der Waals surface area contributed by atoms with Crippen molar-refractivity contribution >= 4 is 18.0 Å². The van der Waals surface area contributed by atoms with Crippen LogP contribution in [0.5, 0.6) is 0 Å². The molecule has 1 saturated heterocycles. The highest BCUT2D eigenvalue weighted by Gasteiger charge is 2.40. The van der Waals surface area contributed by atoms with E-state index in [1.54, 1.807) is 0 Å². The number of nitrogens with two attached hydrogens (primary N) is 1. The van der Waals surface area contributed by atoms with Gasteiger partial charge in [-0.1, -0.05) is 12.8 Å². The Labute approximate surface area is 148 Å². The van der Waals surface area contributed by atoms with Crippen LogP contribution in [-0.2, 0) is 14.3 Å². The zero-order valence-corrected chi connectivity index (χ0v) is 15.3. The monoisotopic (exact) mass is 358 g/mol. The Morgan fingerprint density at radius 1 is 1.12 bits per heavy atom. The van der Waals surface area contributed by atoms with Crippen LogP contribution < -0.4 is 5.73 Å². The molecule has 2 rings (SSSR count). The van der Waals surface area contributed by atoms with E-state index in [2.05, 4.69) is 0 Å². The summed E-state index contributed by atoms with van der Waals surface area (Å²) in [6.45, 7) is 8.06. The summed E-state index contributed by atoms with van der Waals surface area (Å²) in [6, 6.07) is 0. The number of rotatable bonds is 3. The Morgan fingerprint density at radius 2 is 1.60 bits per heavy atom. The number of hydrogen-bond donors (Lipinski definition) is 3. The number of hydrogen-bond acceptors (Lipinski definition) is 5. The SMILES string of the molecule is CC(C)(C)OC(=O)N1CCC(CN)(CC2CC2)CC1.O=C(O)C(=O)O. The molecule has 1 saturated carbocycles. The van der Waals surface area contributed by atoms with Crippen LogP contribution >= 0.6 is 0 Å². The first-order valence-electron chi connectivity index (χ1n) is 8.62. The Hall–Kier alpha value is -1.83. The van der Waals surface area contributed by atoms with E-state index >= 15 is 0 Å². The number of nitrogens with zero attached hydrogens (tertiary/aromatic N) is 1. The lowest BCUT2D eigenvalue weighted by molar-refractivity contribution is -0.159. The van der Waals surface area contributed by atoms with Crippen molar-refractivity contribution in [1.82, 2.24) is 4.90 Å². The molecule has 1 aliphatic carbocycles. The van der Waals surface area contributed by atoms with E-state index in [0.717, 1.165) is 38.4 Å². The molecule has 0 atom stereocenters. The lowest BCUT2D eigenvalue weighted by atomic mass is 9.74. The molecule has 1 heterocycles. The van der Waals surface area contributed by atoms with Gasteiger partial charge in [0.2, 0.25) is 0 Å². The van der Waals surface area contributed by atoms with Crippen LogP contribution in [0.2, 0.25) is 0 Å². The summed E-state index contributed by atoms with van der Waals surface area (Å²) >= 11 is 0. The third kappa shape index (κ3) is 7.72. The Morgan fingerprint density at radius 3 is 1.92 bits per heavy atom. The molecule has 0 bridgehead atoms. The molecule has 2 aliphatic rings. The molecule has 4 N–H and O–H groups in total. The van der Waals surface area contributed by atoms with Gasteiger partial charge in [-0.05, 0) is 57.9 Å². The van der Waals surface area contributed by atoms with E-state index < -0.39 is 17.5 Å². The largest absolute Gasteiger partial charge is 0.473 e. The van der Waals surface area contributed by atoms with Crippen molar-refractivity contribution < 1.29 is 29.3 Å². The van der Waals surface area contributed by atoms with Gasteiger partial charge in [0.1, 0.15) is 5.60 Å². The molecule has 25 heavy (non-hydrogen) atoms. The molecule has 144 valence electrons. The summed E-state index contributed by atoms with van der Waals surface area (Å²) in [5, 5.41) is 14.8. The van der Waals surface area contributed by atoms with Crippen molar-refractivity contribution in [3.63, 3.8) is 0 Å². The molecule has 8 heteroatoms. The van der Waals surface area contributed by atoms with Gasteiger partial charge in [0.05, 0.1) is 0 Å². The smallest absolute Gasteiger partial charge is 0.414 e. The third-order valence-electron chi connectivity index (χ3n) is 4.51. The predicted octanol–water partition coefficient (Wildman–Crippen LogP) is 1.92. The number of likely N-dealkylation sites (tertiary alicyclic amines) is 1. The van der Waals surface area contributed by atoms with Gasteiger partial charge in [-0.2, -0.15) is 0 Å². The van der Waals surface area contributed by atoms with Crippen LogP contribution in [0.15, 0.2) is 0 Å². The fraction of sp³-hybridized carbons (Fsp3) is 0.824. The maximum Gasteiger partial charge on any atom is 0.414 e. The molecule has 0 aromatic rings. The van der Waals surface area contributed by atoms with Crippen LogP contribution in [0.1, 0.15) is 52.9 Å². The summed E-state index contributed by atoms with van der Waals surface area (Å²) in [5.74, 6) is -2.75. The number of carbonyl (C=O) groups excluding carboxylic acids is 1. The molecule has 0 spiro atoms. The molecule has 0 aromatic carbocycles. The standard InChI is InChI=1S/C15H28N2O2.C2H2O4/c1-14(2,3)19-13(18)17-8-6-15(11-16,7-9-17)10-12-4-5-12;3-1(4)2(5)6/h12H,4-11,16H2,1-3H3;(H,3,4)(H,5,6). The van der Waals surface area contributed by atoms with Gasteiger partial charge in [-0.25, -0.2) is 14.4 Å². The van der Waals surface area contributed by atoms with E-state index in [-0.39, 0.29) is 11.5 Å². The minimum absolute atomic E-state index is 0.176. The second-order valence-electron chi connectivity index (χ2n) is 7.93. The number of aliphatic carboxylic acids is 2. The zero-order chi connectivity index (χ0) is 19.3. The van der Waals surface area contributed by atoms with Crippen molar-refractivity contribution in [1.29, 1.82) is 0 Å². The molecule has 0 aromatic heterocycles. The molecule has 2 fully saturated rings. The Kier molecular flexibility index (Phi) is 7.22. The first-order chi connectivity index (χ1) is 11.5. The van der Waals surface area contributed by atoms with Gasteiger partial charge in [-0.3, -0.25) is 0 Å². The van der Waals surface area contributed by atoms with Crippen molar-refractivity contribution in [2.24, 2.45) is 17.1 Å². The third-order valence-corrected chi connectivity index (χ3v) is 4.51. The van der Waals surface area contributed by atoms with Gasteiger partial charge in [0.15, 0.2) is 0 Å². The lowest BCUT2D eigenvalue weighted by Crippen LogP contribution is -2.47. The van der Waals surface area contributed by atoms with E-state index in [1.165, 1.54) is 19.3 Å². The average Bonchev–Trinajstić information content (AvgIpc) is 3.30. The van der Waals surface area contributed by atoms with Gasteiger partial charge in [0, 0.05) is 13.1 Å². The van der Waals surface area contributed by atoms with Gasteiger partial charge in [-0.15, -0.1) is 0 Å². The van der Waals surface area contributed by atoms with E-state index in [0.29, 0.717) is 0 Å². The Balaban J connectivity index is 0.000000450. The Bertz CT molecular complexity index is 476. The predicted molar refractivity (Wildman–Crippen MR) is 91.1 cm³/mol. The minimum Gasteiger partial charge on any atom is -0.473 e. The van der Waals surface area contributed by atoms with Crippen molar-refractivity contribution in [3.8, 4) is 0 Å². The second kappa shape index (κ2) is 8.51. The van der Waals surface area contributed by atoms with Crippen molar-refractivity contribution in [3.05, 3.63) is 0 Å². The zero-order valence-electron chi connectivity index (χ0n) is 15.3. The number of piperidine rings is 1. The highest BCUT2D eigenvalue weighted by atomic mass is 16.6. The highest BCUT2D eigenvalue weighted by Crippen LogP contribution is 2.45. The summed E-state index contributed by atoms with van der Waals surface area (Å²) < 4.78 is 5.43. The quantitative estimate of drug-likeness (QED) is 0.657. The van der Waals surface area contributed by atoms with Gasteiger partial charge < -0.3 is 25.6 Å². The molecule has 1 amide bonds. The number of carboxylic acids is 2. The molecule has 8 nitrogen and oxygen atoms in total. The van der Waals surface area contributed by atoms with E-state index in [1.807, 2.05) is 25.7 Å². The molecular weight excluding hydrogens is 328 g/mol. The number of amides is 1. The van der Waals surface area contributed by atoms with Crippen molar-refractivity contribution in [2.45, 2.75) is 58.5 Å².